The van der Waals surface area contributed by atoms with E-state index >= 15 is 33.6 Å². The van der Waals surface area contributed by atoms with E-state index in [1.165, 1.54) is 73.6 Å². The number of hydrogen-bond donors (Lipinski definition) is 15. The van der Waals surface area contributed by atoms with Crippen molar-refractivity contribution in [3.05, 3.63) is 191 Å². The van der Waals surface area contributed by atoms with Crippen LogP contribution in [-0.2, 0) is 110 Å². The number of unbranched alkanes of at least 4 members (excludes halogenated alkanes) is 3. The van der Waals surface area contributed by atoms with Gasteiger partial charge in [0.15, 0.2) is 11.4 Å². The SMILES string of the molecule is CCCCN(CCSSCCC(=O)N[C@H](Cc1ccccc1)C(=O)N[C@H]1CSSC[C@@H](C(=O)N[C@H](CO)[C@@H](C)O)NC(=O)[C@H]([C@@H](C)O)NC(=O)[C@H](CCCCCN)NC(=O)[C@@H](Cc2c[nH]c3ccccc23)NC(=O)[C@H](Cc2ccccc2)NC1=O)C(=O)O[C@@H](C(=O)O[C@H]1C[C@@]2(O)[C@@H](OC(=O)c3ccccc3)[C@@H]3[C@]4(OC(C)=O)CO[C@@H]4C[C@H](OC)[C@@]3(C)C(=O)[C@H](OC)C(=C1C)C2(C)C)[C@@H](NC(=O)OC(C)(C)C)c1ccccc1. The number of fused-ring (bicyclic) bond motifs is 6. The molecule has 2 aliphatic heterocycles. The predicted octanol–water partition coefficient (Wildman–Crippen LogP) is 7.34. The highest BCUT2D eigenvalue weighted by Gasteiger charge is 2.78. The number of Topliss-reactive ketones (excluding diaryl/α,β-unsaturated/α-hetero) is 1. The van der Waals surface area contributed by atoms with Crippen molar-refractivity contribution in [1.82, 2.24) is 57.7 Å². The average Bonchev–Trinajstić information content (AvgIpc) is 0.987. The molecule has 1 aromatic heterocycles. The number of alkyl carbamates (subject to hydrolysis) is 1. The van der Waals surface area contributed by atoms with Gasteiger partial charge in [0, 0.05) is 118 Å². The fourth-order valence-electron chi connectivity index (χ4n) is 19.7. The second-order valence-electron chi connectivity index (χ2n) is 39.4. The van der Waals surface area contributed by atoms with Gasteiger partial charge in [0.1, 0.15) is 84.0 Å². The smallest absolute Gasteiger partial charge is 0.410 e. The number of ketones is 1. The zero-order chi connectivity index (χ0) is 107. The Labute approximate surface area is 871 Å². The summed E-state index contributed by atoms with van der Waals surface area (Å²) in [6.45, 7) is 16.3. The number of nitrogens with zero attached hydrogens (tertiary/aromatic N) is 1. The zero-order valence-corrected chi connectivity index (χ0v) is 88.4. The highest BCUT2D eigenvalue weighted by Crippen LogP contribution is 2.65. The van der Waals surface area contributed by atoms with Crippen LogP contribution in [0.1, 0.15) is 173 Å². The molecule has 3 aliphatic carbocycles. The van der Waals surface area contributed by atoms with Gasteiger partial charge in [-0.1, -0.05) is 211 Å². The zero-order valence-electron chi connectivity index (χ0n) is 85.1. The first kappa shape index (κ1) is 116. The molecule has 4 fully saturated rings. The standard InChI is InChI=1S/C105H140N12O26S4/c1-14-15-46-117(100(134)140-86(84(66-37-25-18-26-38-66)116-99(133)143-101(6,7)8)98(132)139-78-54-105(135)89(141-97(131)67-39-27-19-28-40-67)87-103(11,88(123)85(137-13)82(60(78)2)102(105,9)10)79(136-12)53-80-104(87,59-138-80)142-63(5)121)47-49-145-144-48-44-81(122)108-72(50-64-33-21-16-22-34-64)91(125)113-76-57-146-147-58-77(95(129)112-75(56-118)61(3)119)114-96(130)83(62(4)120)115-90(124)71(43-29-20-32-45-106)109-93(127)74(52-68-55-107-70-42-31-30-41-69(68)70)111-92(126)73(110-94(76)128)51-65-35-23-17-24-36-65/h16-19,21-28,30-31,33-42,55,61-62,71-80,83-87,89,107,118-120,135H,14-15,20,29,32,43-54,56-59,106H2,1-13H3,(H,108,122)(H,109,127)(H,110,128)(H,111,126)(H,112,129)(H,113,125)(H,114,130)(H,115,124)(H,116,133)/t61-,62-,71+,72-,73+,74-,75-,76+,77+,78+,79+,80-,83+,84+,85-,86-,87+,89+,103-,104+,105-/m1/s1. The van der Waals surface area contributed by atoms with Gasteiger partial charge < -0.3 is 122 Å². The van der Waals surface area contributed by atoms with E-state index in [-0.39, 0.29) is 104 Å². The quantitative estimate of drug-likeness (QED) is 0.00588. The number of nitrogens with two attached hydrogens (primary N) is 1. The maximum atomic E-state index is 16.3. The number of ether oxygens (including phenoxy) is 8. The first-order chi connectivity index (χ1) is 70.0. The Bertz CT molecular complexity index is 5570. The largest absolute Gasteiger partial charge is 0.455 e. The summed E-state index contributed by atoms with van der Waals surface area (Å²) < 4.78 is 50.7. The fraction of sp³-hybridized carbons (Fsp3) is 0.543. The van der Waals surface area contributed by atoms with Crippen LogP contribution in [0, 0.1) is 16.7 Å². The highest BCUT2D eigenvalue weighted by atomic mass is 33.1. The number of aliphatic hydroxyl groups is 4. The number of rotatable bonds is 40. The monoisotopic (exact) mass is 2110 g/mol. The number of aromatic amines is 1. The maximum absolute atomic E-state index is 16.3. The lowest BCUT2D eigenvalue weighted by Gasteiger charge is -2.67. The lowest BCUT2D eigenvalue weighted by atomic mass is 9.44. The molecule has 16 N–H and O–H groups in total. The van der Waals surface area contributed by atoms with Crippen molar-refractivity contribution in [2.45, 2.75) is 273 Å². The summed E-state index contributed by atoms with van der Waals surface area (Å²) in [5, 5.41) is 71.9. The molecular weight excluding hydrogens is 1970 g/mol. The molecule has 10 amide bonds. The summed E-state index contributed by atoms with van der Waals surface area (Å²) in [7, 11) is 7.10. The third-order valence-electron chi connectivity index (χ3n) is 27.6. The van der Waals surface area contributed by atoms with Crippen LogP contribution < -0.4 is 53.6 Å². The summed E-state index contributed by atoms with van der Waals surface area (Å²) in [4.78, 5) is 215. The highest BCUT2D eigenvalue weighted by molar-refractivity contribution is 8.77. The van der Waals surface area contributed by atoms with E-state index in [0.29, 0.717) is 66.2 Å². The van der Waals surface area contributed by atoms with Crippen LogP contribution in [0.2, 0.25) is 0 Å². The molecule has 38 nitrogen and oxygen atoms in total. The molecule has 5 aromatic carbocycles. The van der Waals surface area contributed by atoms with E-state index in [1.807, 2.05) is 25.1 Å². The van der Waals surface area contributed by atoms with Gasteiger partial charge >= 0.3 is 30.1 Å². The van der Waals surface area contributed by atoms with E-state index in [2.05, 4.69) is 52.8 Å². The number of esters is 3. The number of aliphatic hydroxyl groups excluding tert-OH is 3. The first-order valence-corrected chi connectivity index (χ1v) is 54.5. The molecule has 11 rings (SSSR count). The minimum Gasteiger partial charge on any atom is -0.455 e. The van der Waals surface area contributed by atoms with Gasteiger partial charge in [0.25, 0.3) is 0 Å². The average molecular weight is 2110 g/mol. The van der Waals surface area contributed by atoms with Crippen molar-refractivity contribution >= 4 is 137 Å². The summed E-state index contributed by atoms with van der Waals surface area (Å²) in [5.74, 6) is -12.4. The van der Waals surface area contributed by atoms with Gasteiger partial charge in [0.05, 0.1) is 54.5 Å². The number of carbonyl (C=O) groups excluding carboxylic acids is 14. The van der Waals surface area contributed by atoms with Crippen molar-refractivity contribution in [2.75, 3.05) is 70.1 Å². The van der Waals surface area contributed by atoms with E-state index in [1.54, 1.807) is 170 Å². The molecule has 0 spiro atoms. The first-order valence-electron chi connectivity index (χ1n) is 49.6. The Morgan fingerprint density at radius 1 is 0.694 bits per heavy atom. The van der Waals surface area contributed by atoms with E-state index in [9.17, 15) is 54.0 Å². The van der Waals surface area contributed by atoms with Crippen LogP contribution in [-0.4, -0.2) is 297 Å². The molecule has 2 bridgehead atoms. The molecule has 42 heteroatoms. The summed E-state index contributed by atoms with van der Waals surface area (Å²) in [6, 6.07) is 27.0. The van der Waals surface area contributed by atoms with E-state index < -0.39 is 233 Å². The van der Waals surface area contributed by atoms with Crippen LogP contribution >= 0.6 is 43.2 Å². The van der Waals surface area contributed by atoms with E-state index in [0.717, 1.165) is 21.6 Å². The number of amides is 10. The van der Waals surface area contributed by atoms with Crippen LogP contribution in [0.25, 0.3) is 10.9 Å². The van der Waals surface area contributed by atoms with Crippen molar-refractivity contribution in [1.29, 1.82) is 0 Å². The maximum Gasteiger partial charge on any atom is 0.410 e. The van der Waals surface area contributed by atoms with Gasteiger partial charge in [-0.25, -0.2) is 19.2 Å². The van der Waals surface area contributed by atoms with Crippen LogP contribution in [0.5, 0.6) is 0 Å². The molecule has 3 heterocycles. The summed E-state index contributed by atoms with van der Waals surface area (Å²) in [5.41, 5.74) is 0.169. The number of benzene rings is 5. The number of hydrogen-bond acceptors (Lipinski definition) is 31. The summed E-state index contributed by atoms with van der Waals surface area (Å²) >= 11 is 0. The minimum atomic E-state index is -2.43. The number of H-pyrrole nitrogens is 1. The summed E-state index contributed by atoms with van der Waals surface area (Å²) in [6.07, 6.45) is -11.3. The third-order valence-corrected chi connectivity index (χ3v) is 32.4. The second kappa shape index (κ2) is 53.3. The lowest BCUT2D eigenvalue weighted by Crippen LogP contribution is -2.82. The number of nitrogens with one attached hydrogen (secondary N) is 10. The Kier molecular flexibility index (Phi) is 42.1. The Hall–Kier alpha value is -11.2. The Balaban J connectivity index is 0.856. The lowest BCUT2D eigenvalue weighted by molar-refractivity contribution is -0.347. The Morgan fingerprint density at radius 3 is 1.93 bits per heavy atom. The van der Waals surface area contributed by atoms with Gasteiger partial charge in [-0.3, -0.25) is 47.9 Å². The molecule has 147 heavy (non-hydrogen) atoms. The van der Waals surface area contributed by atoms with Crippen molar-refractivity contribution in [3.8, 4) is 0 Å². The van der Waals surface area contributed by atoms with Crippen molar-refractivity contribution in [3.63, 3.8) is 0 Å². The topological polar surface area (TPSA) is 547 Å². The number of carbonyl (C=O) groups is 14. The normalized spacial score (nSPS) is 25.8. The number of methoxy groups -OCH3 is 2. The fourth-order valence-corrected chi connectivity index (χ4v) is 24.0. The molecular formula is C105H140N12O26S4. The number of aromatic nitrogens is 1. The van der Waals surface area contributed by atoms with Crippen molar-refractivity contribution in [2.24, 2.45) is 22.5 Å². The molecule has 6 aromatic rings. The van der Waals surface area contributed by atoms with Crippen molar-refractivity contribution < 1.29 is 125 Å². The molecule has 5 aliphatic rings. The molecule has 800 valence electrons. The molecule has 21 atom stereocenters. The van der Waals surface area contributed by atoms with Gasteiger partial charge in [-0.2, -0.15) is 0 Å². The molecule has 2 saturated carbocycles. The second-order valence-corrected chi connectivity index (χ2v) is 44.7. The van der Waals surface area contributed by atoms with Gasteiger partial charge in [-0.05, 0) is 126 Å². The van der Waals surface area contributed by atoms with Gasteiger partial charge in [0.2, 0.25) is 53.4 Å². The Morgan fingerprint density at radius 2 is 1.31 bits per heavy atom. The van der Waals surface area contributed by atoms with E-state index in [4.69, 9.17) is 43.6 Å². The van der Waals surface area contributed by atoms with Crippen LogP contribution in [0.15, 0.2) is 163 Å². The molecule has 2 saturated heterocycles. The number of para-hydroxylation sites is 1. The van der Waals surface area contributed by atoms with Gasteiger partial charge in [-0.15, -0.1) is 0 Å². The van der Waals surface area contributed by atoms with Crippen LogP contribution in [0.3, 0.4) is 0 Å². The molecule has 0 radical (unpaired) electrons. The minimum absolute atomic E-state index is 0.0175. The van der Waals surface area contributed by atoms with Crippen LogP contribution in [0.4, 0.5) is 9.59 Å². The third kappa shape index (κ3) is 29.3. The predicted molar refractivity (Wildman–Crippen MR) is 554 cm³/mol. The molecule has 0 unspecified atom stereocenters.